The van der Waals surface area contributed by atoms with Gasteiger partial charge >= 0.3 is 0 Å². The molecular formula is C13H16Br2O. The minimum Gasteiger partial charge on any atom is -0.492 e. The van der Waals surface area contributed by atoms with Gasteiger partial charge in [0.15, 0.2) is 0 Å². The molecule has 1 aliphatic carbocycles. The first-order chi connectivity index (χ1) is 7.81. The van der Waals surface area contributed by atoms with Gasteiger partial charge in [-0.1, -0.05) is 40.9 Å². The highest BCUT2D eigenvalue weighted by Crippen LogP contribution is 2.32. The molecule has 0 radical (unpaired) electrons. The van der Waals surface area contributed by atoms with E-state index in [0.717, 1.165) is 28.1 Å². The topological polar surface area (TPSA) is 9.23 Å². The van der Waals surface area contributed by atoms with E-state index in [1.165, 1.54) is 31.2 Å². The molecule has 0 spiro atoms. The Morgan fingerprint density at radius 1 is 1.25 bits per heavy atom. The third-order valence-corrected chi connectivity index (χ3v) is 4.36. The van der Waals surface area contributed by atoms with Gasteiger partial charge in [-0.25, -0.2) is 0 Å². The summed E-state index contributed by atoms with van der Waals surface area (Å²) in [6.07, 6.45) is 5.40. The fourth-order valence-electron chi connectivity index (χ4n) is 2.20. The van der Waals surface area contributed by atoms with Gasteiger partial charge in [-0.05, 0) is 40.8 Å². The molecule has 3 heteroatoms. The van der Waals surface area contributed by atoms with Gasteiger partial charge in [-0.2, -0.15) is 0 Å². The van der Waals surface area contributed by atoms with Crippen LogP contribution < -0.4 is 4.74 Å². The largest absolute Gasteiger partial charge is 0.492 e. The van der Waals surface area contributed by atoms with Gasteiger partial charge in [-0.15, -0.1) is 0 Å². The minimum atomic E-state index is 0.760. The first-order valence-corrected chi connectivity index (χ1v) is 7.69. The summed E-state index contributed by atoms with van der Waals surface area (Å²) in [6, 6.07) is 6.18. The SMILES string of the molecule is BrCc1cccc(Br)c1OCC1CCCC1. The molecule has 88 valence electrons. The van der Waals surface area contributed by atoms with Crippen molar-refractivity contribution in [3.63, 3.8) is 0 Å². The summed E-state index contributed by atoms with van der Waals surface area (Å²) in [5.74, 6) is 1.77. The van der Waals surface area contributed by atoms with Gasteiger partial charge < -0.3 is 4.74 Å². The minimum absolute atomic E-state index is 0.760. The number of para-hydroxylation sites is 1. The number of ether oxygens (including phenoxy) is 1. The summed E-state index contributed by atoms with van der Waals surface area (Å²) in [4.78, 5) is 0. The Kier molecular flexibility index (Phi) is 4.71. The molecule has 16 heavy (non-hydrogen) atoms. The molecule has 0 saturated heterocycles. The molecule has 0 aromatic heterocycles. The van der Waals surface area contributed by atoms with Gasteiger partial charge in [0.25, 0.3) is 0 Å². The highest BCUT2D eigenvalue weighted by atomic mass is 79.9. The number of hydrogen-bond acceptors (Lipinski definition) is 1. The second kappa shape index (κ2) is 6.06. The van der Waals surface area contributed by atoms with Gasteiger partial charge in [0.05, 0.1) is 11.1 Å². The van der Waals surface area contributed by atoms with Crippen molar-refractivity contribution in [1.29, 1.82) is 0 Å². The Bertz CT molecular complexity index is 346. The van der Waals surface area contributed by atoms with E-state index < -0.39 is 0 Å². The van der Waals surface area contributed by atoms with E-state index in [2.05, 4.69) is 37.9 Å². The second-order valence-corrected chi connectivity index (χ2v) is 5.74. The predicted molar refractivity (Wildman–Crippen MR) is 74.2 cm³/mol. The molecule has 0 heterocycles. The molecule has 1 nitrogen and oxygen atoms in total. The zero-order valence-electron chi connectivity index (χ0n) is 9.22. The van der Waals surface area contributed by atoms with E-state index in [4.69, 9.17) is 4.74 Å². The molecule has 0 atom stereocenters. The molecule has 0 unspecified atom stereocenters. The van der Waals surface area contributed by atoms with Crippen molar-refractivity contribution < 1.29 is 4.74 Å². The quantitative estimate of drug-likeness (QED) is 0.703. The molecular weight excluding hydrogens is 332 g/mol. The van der Waals surface area contributed by atoms with Crippen molar-refractivity contribution in [2.45, 2.75) is 31.0 Å². The van der Waals surface area contributed by atoms with Crippen LogP contribution in [0.25, 0.3) is 0 Å². The van der Waals surface area contributed by atoms with Crippen LogP contribution in [0.3, 0.4) is 0 Å². The molecule has 1 aromatic rings. The Labute approximate surface area is 114 Å². The second-order valence-electron chi connectivity index (χ2n) is 4.32. The van der Waals surface area contributed by atoms with Crippen LogP contribution in [0.4, 0.5) is 0 Å². The maximum atomic E-state index is 5.97. The molecule has 0 N–H and O–H groups in total. The Morgan fingerprint density at radius 2 is 2.00 bits per heavy atom. The lowest BCUT2D eigenvalue weighted by Gasteiger charge is -2.15. The van der Waals surface area contributed by atoms with Crippen molar-refractivity contribution in [2.75, 3.05) is 6.61 Å². The fourth-order valence-corrected chi connectivity index (χ4v) is 3.16. The Morgan fingerprint density at radius 3 is 2.69 bits per heavy atom. The summed E-state index contributed by atoms with van der Waals surface area (Å²) in [6.45, 7) is 0.864. The van der Waals surface area contributed by atoms with Crippen LogP contribution >= 0.6 is 31.9 Å². The number of halogens is 2. The average Bonchev–Trinajstić information content (AvgIpc) is 2.80. The van der Waals surface area contributed by atoms with Gasteiger partial charge in [0, 0.05) is 10.9 Å². The lowest BCUT2D eigenvalue weighted by molar-refractivity contribution is 0.249. The molecule has 0 bridgehead atoms. The Balaban J connectivity index is 2.01. The van der Waals surface area contributed by atoms with E-state index in [1.54, 1.807) is 0 Å². The lowest BCUT2D eigenvalue weighted by atomic mass is 10.1. The summed E-state index contributed by atoms with van der Waals surface area (Å²) in [5.41, 5.74) is 1.22. The lowest BCUT2D eigenvalue weighted by Crippen LogP contribution is -2.09. The molecule has 1 aliphatic rings. The van der Waals surface area contributed by atoms with Crippen LogP contribution in [0.5, 0.6) is 5.75 Å². The zero-order chi connectivity index (χ0) is 11.4. The van der Waals surface area contributed by atoms with Crippen LogP contribution in [-0.4, -0.2) is 6.61 Å². The summed E-state index contributed by atoms with van der Waals surface area (Å²) >= 11 is 7.05. The van der Waals surface area contributed by atoms with E-state index in [-0.39, 0.29) is 0 Å². The number of alkyl halides is 1. The van der Waals surface area contributed by atoms with E-state index >= 15 is 0 Å². The first-order valence-electron chi connectivity index (χ1n) is 5.77. The first kappa shape index (κ1) is 12.4. The smallest absolute Gasteiger partial charge is 0.137 e. The van der Waals surface area contributed by atoms with E-state index in [9.17, 15) is 0 Å². The molecule has 1 aromatic carbocycles. The summed E-state index contributed by atoms with van der Waals surface area (Å²) in [7, 11) is 0. The Hall–Kier alpha value is -0.0200. The fraction of sp³-hybridized carbons (Fsp3) is 0.538. The van der Waals surface area contributed by atoms with Crippen LogP contribution in [0.1, 0.15) is 31.2 Å². The molecule has 1 fully saturated rings. The summed E-state index contributed by atoms with van der Waals surface area (Å²) < 4.78 is 7.02. The monoisotopic (exact) mass is 346 g/mol. The van der Waals surface area contributed by atoms with Crippen LogP contribution in [0.2, 0.25) is 0 Å². The molecule has 2 rings (SSSR count). The van der Waals surface area contributed by atoms with E-state index in [1.807, 2.05) is 12.1 Å². The number of hydrogen-bond donors (Lipinski definition) is 0. The van der Waals surface area contributed by atoms with Crippen molar-refractivity contribution >= 4 is 31.9 Å². The highest BCUT2D eigenvalue weighted by Gasteiger charge is 2.16. The van der Waals surface area contributed by atoms with Crippen molar-refractivity contribution in [3.05, 3.63) is 28.2 Å². The maximum absolute atomic E-state index is 5.97. The van der Waals surface area contributed by atoms with Crippen LogP contribution in [-0.2, 0) is 5.33 Å². The number of benzene rings is 1. The van der Waals surface area contributed by atoms with Crippen molar-refractivity contribution in [3.8, 4) is 5.75 Å². The average molecular weight is 348 g/mol. The van der Waals surface area contributed by atoms with Crippen LogP contribution in [0.15, 0.2) is 22.7 Å². The molecule has 0 aliphatic heterocycles. The molecule has 1 saturated carbocycles. The standard InChI is InChI=1S/C13H16Br2O/c14-8-11-6-3-7-12(15)13(11)16-9-10-4-1-2-5-10/h3,6-7,10H,1-2,4-5,8-9H2. The van der Waals surface area contributed by atoms with Gasteiger partial charge in [0.2, 0.25) is 0 Å². The zero-order valence-corrected chi connectivity index (χ0v) is 12.4. The summed E-state index contributed by atoms with van der Waals surface area (Å²) in [5, 5.41) is 0.840. The normalized spacial score (nSPS) is 16.6. The number of rotatable bonds is 4. The van der Waals surface area contributed by atoms with Gasteiger partial charge in [0.1, 0.15) is 5.75 Å². The van der Waals surface area contributed by atoms with Gasteiger partial charge in [-0.3, -0.25) is 0 Å². The maximum Gasteiger partial charge on any atom is 0.137 e. The van der Waals surface area contributed by atoms with Crippen molar-refractivity contribution in [1.82, 2.24) is 0 Å². The highest BCUT2D eigenvalue weighted by molar-refractivity contribution is 9.10. The predicted octanol–water partition coefficient (Wildman–Crippen LogP) is 4.91. The van der Waals surface area contributed by atoms with E-state index in [0.29, 0.717) is 0 Å². The molecule has 0 amide bonds. The van der Waals surface area contributed by atoms with Crippen LogP contribution in [0, 0.1) is 5.92 Å². The third-order valence-electron chi connectivity index (χ3n) is 3.13. The third kappa shape index (κ3) is 3.01. The van der Waals surface area contributed by atoms with Crippen molar-refractivity contribution in [2.24, 2.45) is 5.92 Å².